The number of nitrogens with one attached hydrogen (secondary N) is 2. The maximum Gasteiger partial charge on any atom is 0.315 e. The fourth-order valence-electron chi connectivity index (χ4n) is 1.09. The number of urea groups is 1. The first kappa shape index (κ1) is 15.7. The van der Waals surface area contributed by atoms with E-state index in [4.69, 9.17) is 5.11 Å². The van der Waals surface area contributed by atoms with E-state index in [1.54, 1.807) is 6.92 Å². The summed E-state index contributed by atoms with van der Waals surface area (Å²) in [5.41, 5.74) is 0. The third kappa shape index (κ3) is 9.61. The first-order valence-electron chi connectivity index (χ1n) is 5.18. The highest BCUT2D eigenvalue weighted by molar-refractivity contribution is 7.90. The summed E-state index contributed by atoms with van der Waals surface area (Å²) in [5.74, 6) is -1.14. The van der Waals surface area contributed by atoms with E-state index in [2.05, 4.69) is 10.6 Å². The van der Waals surface area contributed by atoms with Crippen LogP contribution >= 0.6 is 0 Å². The van der Waals surface area contributed by atoms with Crippen molar-refractivity contribution < 1.29 is 23.1 Å². The highest BCUT2D eigenvalue weighted by Crippen LogP contribution is 1.96. The minimum Gasteiger partial charge on any atom is -0.481 e. The van der Waals surface area contributed by atoms with Gasteiger partial charge >= 0.3 is 12.0 Å². The summed E-state index contributed by atoms with van der Waals surface area (Å²) in [4.78, 5) is 21.7. The number of hydrogen-bond donors (Lipinski definition) is 3. The zero-order valence-corrected chi connectivity index (χ0v) is 10.7. The van der Waals surface area contributed by atoms with Crippen LogP contribution in [0.2, 0.25) is 0 Å². The Balaban J connectivity index is 3.95. The molecule has 7 nitrogen and oxygen atoms in total. The smallest absolute Gasteiger partial charge is 0.315 e. The van der Waals surface area contributed by atoms with Crippen molar-refractivity contribution >= 4 is 21.8 Å². The van der Waals surface area contributed by atoms with Gasteiger partial charge in [-0.1, -0.05) is 6.92 Å². The molecule has 0 heterocycles. The molecular weight excluding hydrogens is 248 g/mol. The van der Waals surface area contributed by atoms with Gasteiger partial charge in [-0.15, -0.1) is 0 Å². The molecule has 2 amide bonds. The lowest BCUT2D eigenvalue weighted by molar-refractivity contribution is -0.137. The molecule has 0 aliphatic carbocycles. The fraction of sp³-hybridized carbons (Fsp3) is 0.778. The van der Waals surface area contributed by atoms with E-state index in [1.807, 2.05) is 0 Å². The van der Waals surface area contributed by atoms with E-state index in [-0.39, 0.29) is 18.7 Å². The number of carbonyl (C=O) groups excluding carboxylic acids is 1. The van der Waals surface area contributed by atoms with Crippen LogP contribution in [0.25, 0.3) is 0 Å². The molecule has 0 saturated carbocycles. The standard InChI is InChI=1S/C9H18N2O5S/c1-3-7(6-8(12)13)11-9(14)10-4-5-17(2,15)16/h7H,3-6H2,1-2H3,(H,12,13)(H2,10,11,14). The van der Waals surface area contributed by atoms with E-state index in [0.29, 0.717) is 6.42 Å². The Hall–Kier alpha value is -1.31. The van der Waals surface area contributed by atoms with Crippen molar-refractivity contribution in [2.45, 2.75) is 25.8 Å². The van der Waals surface area contributed by atoms with Gasteiger partial charge in [0.15, 0.2) is 0 Å². The van der Waals surface area contributed by atoms with Crippen LogP contribution in [0.15, 0.2) is 0 Å². The van der Waals surface area contributed by atoms with Crippen molar-refractivity contribution in [3.8, 4) is 0 Å². The fourth-order valence-corrected chi connectivity index (χ4v) is 1.57. The predicted molar refractivity (Wildman–Crippen MR) is 62.6 cm³/mol. The van der Waals surface area contributed by atoms with Gasteiger partial charge in [0.2, 0.25) is 0 Å². The van der Waals surface area contributed by atoms with Gasteiger partial charge in [0.25, 0.3) is 0 Å². The summed E-state index contributed by atoms with van der Waals surface area (Å²) >= 11 is 0. The zero-order chi connectivity index (χ0) is 13.5. The Labute approximate surface area is 101 Å². The number of hydrogen-bond acceptors (Lipinski definition) is 4. The molecule has 0 rings (SSSR count). The molecule has 0 bridgehead atoms. The van der Waals surface area contributed by atoms with Crippen LogP contribution in [0.1, 0.15) is 19.8 Å². The van der Waals surface area contributed by atoms with Gasteiger partial charge in [0.1, 0.15) is 9.84 Å². The normalized spacial score (nSPS) is 12.8. The molecule has 0 radical (unpaired) electrons. The highest BCUT2D eigenvalue weighted by atomic mass is 32.2. The monoisotopic (exact) mass is 266 g/mol. The quantitative estimate of drug-likeness (QED) is 0.579. The second kappa shape index (κ2) is 7.10. The van der Waals surface area contributed by atoms with Gasteiger partial charge in [0, 0.05) is 18.8 Å². The molecule has 0 aromatic carbocycles. The second-order valence-corrected chi connectivity index (χ2v) is 5.99. The molecule has 0 saturated heterocycles. The summed E-state index contributed by atoms with van der Waals surface area (Å²) < 4.78 is 21.6. The van der Waals surface area contributed by atoms with Gasteiger partial charge in [-0.3, -0.25) is 4.79 Å². The van der Waals surface area contributed by atoms with Gasteiger partial charge in [-0.25, -0.2) is 13.2 Å². The van der Waals surface area contributed by atoms with Crippen molar-refractivity contribution in [2.24, 2.45) is 0 Å². The summed E-state index contributed by atoms with van der Waals surface area (Å²) in [5, 5.41) is 13.4. The number of carbonyl (C=O) groups is 2. The molecule has 0 aliphatic rings. The van der Waals surface area contributed by atoms with Crippen LogP contribution in [0.5, 0.6) is 0 Å². The maximum atomic E-state index is 11.3. The lowest BCUT2D eigenvalue weighted by Crippen LogP contribution is -2.44. The maximum absolute atomic E-state index is 11.3. The van der Waals surface area contributed by atoms with Gasteiger partial charge < -0.3 is 15.7 Å². The molecule has 0 aromatic rings. The van der Waals surface area contributed by atoms with Gasteiger partial charge in [-0.2, -0.15) is 0 Å². The second-order valence-electron chi connectivity index (χ2n) is 3.73. The molecule has 0 spiro atoms. The lowest BCUT2D eigenvalue weighted by atomic mass is 10.1. The van der Waals surface area contributed by atoms with E-state index in [0.717, 1.165) is 6.26 Å². The van der Waals surface area contributed by atoms with E-state index in [1.165, 1.54) is 0 Å². The highest BCUT2D eigenvalue weighted by Gasteiger charge is 2.13. The molecule has 0 aromatic heterocycles. The number of amides is 2. The number of carboxylic acid groups (broad SMARTS) is 1. The van der Waals surface area contributed by atoms with Gasteiger partial charge in [-0.05, 0) is 6.42 Å². The van der Waals surface area contributed by atoms with Crippen molar-refractivity contribution in [2.75, 3.05) is 18.6 Å². The van der Waals surface area contributed by atoms with Crippen LogP contribution in [-0.4, -0.2) is 50.1 Å². The first-order chi connectivity index (χ1) is 7.74. The predicted octanol–water partition coefficient (Wildman–Crippen LogP) is -0.416. The molecule has 100 valence electrons. The summed E-state index contributed by atoms with van der Waals surface area (Å²) in [6.07, 6.45) is 1.41. The zero-order valence-electron chi connectivity index (χ0n) is 9.89. The SMILES string of the molecule is CCC(CC(=O)O)NC(=O)NCCS(C)(=O)=O. The minimum absolute atomic E-state index is 0.00811. The largest absolute Gasteiger partial charge is 0.481 e. The third-order valence-electron chi connectivity index (χ3n) is 2.01. The van der Waals surface area contributed by atoms with Crippen molar-refractivity contribution in [1.29, 1.82) is 0 Å². The van der Waals surface area contributed by atoms with Crippen molar-refractivity contribution in [3.05, 3.63) is 0 Å². The summed E-state index contributed by atoms with van der Waals surface area (Å²) in [6.45, 7) is 1.76. The summed E-state index contributed by atoms with van der Waals surface area (Å²) in [7, 11) is -3.11. The molecule has 1 atom stereocenters. The van der Waals surface area contributed by atoms with Crippen molar-refractivity contribution in [1.82, 2.24) is 10.6 Å². The van der Waals surface area contributed by atoms with E-state index >= 15 is 0 Å². The third-order valence-corrected chi connectivity index (χ3v) is 2.95. The summed E-state index contributed by atoms with van der Waals surface area (Å²) in [6, 6.07) is -1.01. The van der Waals surface area contributed by atoms with Crippen LogP contribution in [0.4, 0.5) is 4.79 Å². The first-order valence-corrected chi connectivity index (χ1v) is 7.24. The lowest BCUT2D eigenvalue weighted by Gasteiger charge is -2.15. The van der Waals surface area contributed by atoms with Crippen LogP contribution in [0, 0.1) is 0 Å². The number of carboxylic acids is 1. The van der Waals surface area contributed by atoms with Gasteiger partial charge in [0.05, 0.1) is 12.2 Å². The topological polar surface area (TPSA) is 113 Å². The molecule has 0 aliphatic heterocycles. The number of aliphatic carboxylic acids is 1. The molecular formula is C9H18N2O5S. The molecule has 0 fully saturated rings. The molecule has 8 heteroatoms. The molecule has 17 heavy (non-hydrogen) atoms. The number of sulfone groups is 1. The minimum atomic E-state index is -3.11. The Morgan fingerprint density at radius 1 is 1.35 bits per heavy atom. The Bertz CT molecular complexity index is 366. The average Bonchev–Trinajstić information content (AvgIpc) is 2.13. The van der Waals surface area contributed by atoms with Crippen LogP contribution < -0.4 is 10.6 Å². The number of rotatable bonds is 7. The van der Waals surface area contributed by atoms with Crippen LogP contribution in [0.3, 0.4) is 0 Å². The van der Waals surface area contributed by atoms with Crippen LogP contribution in [-0.2, 0) is 14.6 Å². The van der Waals surface area contributed by atoms with Crippen molar-refractivity contribution in [3.63, 3.8) is 0 Å². The van der Waals surface area contributed by atoms with E-state index < -0.39 is 27.9 Å². The Morgan fingerprint density at radius 3 is 2.35 bits per heavy atom. The Kier molecular flexibility index (Phi) is 6.55. The molecule has 3 N–H and O–H groups in total. The average molecular weight is 266 g/mol. The van der Waals surface area contributed by atoms with E-state index in [9.17, 15) is 18.0 Å². The Morgan fingerprint density at radius 2 is 1.94 bits per heavy atom. The molecule has 1 unspecified atom stereocenters.